The lowest BCUT2D eigenvalue weighted by Gasteiger charge is -2.32. The van der Waals surface area contributed by atoms with Crippen LogP contribution < -0.4 is 5.32 Å². The molecule has 0 aromatic heterocycles. The van der Waals surface area contributed by atoms with Crippen LogP contribution in [-0.4, -0.2) is 41.1 Å². The Hall–Kier alpha value is -1.70. The lowest BCUT2D eigenvalue weighted by atomic mass is 9.94. The zero-order valence-corrected chi connectivity index (χ0v) is 11.4. The van der Waals surface area contributed by atoms with Gasteiger partial charge in [-0.3, -0.25) is 4.79 Å². The van der Waals surface area contributed by atoms with Gasteiger partial charge in [-0.25, -0.2) is 4.79 Å². The predicted octanol–water partition coefficient (Wildman–Crippen LogP) is 1.68. The highest BCUT2D eigenvalue weighted by Gasteiger charge is 2.25. The molecule has 106 valence electrons. The van der Waals surface area contributed by atoms with Crippen LogP contribution >= 0.6 is 0 Å². The Morgan fingerprint density at radius 1 is 1.47 bits per heavy atom. The first kappa shape index (κ1) is 15.4. The van der Waals surface area contributed by atoms with Gasteiger partial charge in [0.05, 0.1) is 0 Å². The lowest BCUT2D eigenvalue weighted by molar-refractivity contribution is -0.138. The van der Waals surface area contributed by atoms with Crippen LogP contribution in [0.2, 0.25) is 0 Å². The third-order valence-corrected chi connectivity index (χ3v) is 3.55. The van der Waals surface area contributed by atoms with E-state index in [4.69, 9.17) is 11.5 Å². The molecule has 2 N–H and O–H groups in total. The number of amides is 2. The average molecular weight is 266 g/mol. The van der Waals surface area contributed by atoms with Crippen molar-refractivity contribution in [3.63, 3.8) is 0 Å². The molecule has 19 heavy (non-hydrogen) atoms. The molecule has 1 saturated heterocycles. The molecule has 1 aliphatic rings. The number of nitrogens with zero attached hydrogens (tertiary/aromatic N) is 1. The van der Waals surface area contributed by atoms with Gasteiger partial charge >= 0.3 is 12.0 Å². The number of hydrogen-bond acceptors (Lipinski definition) is 2. The number of carbonyl (C=O) groups is 2. The maximum absolute atomic E-state index is 12.0. The predicted molar refractivity (Wildman–Crippen MR) is 72.6 cm³/mol. The summed E-state index contributed by atoms with van der Waals surface area (Å²) in [7, 11) is 0. The van der Waals surface area contributed by atoms with E-state index in [9.17, 15) is 9.59 Å². The molecule has 1 heterocycles. The first-order valence-corrected chi connectivity index (χ1v) is 6.77. The average Bonchev–Trinajstić information content (AvgIpc) is 2.38. The van der Waals surface area contributed by atoms with E-state index in [1.807, 2.05) is 6.92 Å². The Kier molecular flexibility index (Phi) is 6.20. The minimum absolute atomic E-state index is 0.0224. The molecule has 2 amide bonds. The summed E-state index contributed by atoms with van der Waals surface area (Å²) in [6, 6.07) is -0.0647. The number of nitrogens with one attached hydrogen (secondary N) is 1. The monoisotopic (exact) mass is 266 g/mol. The number of piperidine rings is 1. The second kappa shape index (κ2) is 7.67. The maximum atomic E-state index is 12.0. The van der Waals surface area contributed by atoms with Crippen LogP contribution in [0.15, 0.2) is 0 Å². The summed E-state index contributed by atoms with van der Waals surface area (Å²) in [6.45, 7) is 3.23. The maximum Gasteiger partial charge on any atom is 0.317 e. The fraction of sp³-hybridized carbons (Fsp3) is 0.714. The molecule has 1 atom stereocenters. The summed E-state index contributed by atoms with van der Waals surface area (Å²) >= 11 is 0. The molecule has 0 saturated carbocycles. The molecule has 1 unspecified atom stereocenters. The molecule has 1 aliphatic heterocycles. The second-order valence-electron chi connectivity index (χ2n) is 4.99. The van der Waals surface area contributed by atoms with Crippen LogP contribution in [0.25, 0.3) is 0 Å². The van der Waals surface area contributed by atoms with Crippen molar-refractivity contribution < 1.29 is 14.7 Å². The normalized spacial score (nSPS) is 17.6. The number of carboxylic acid groups (broad SMARTS) is 1. The van der Waals surface area contributed by atoms with Gasteiger partial charge in [0.2, 0.25) is 0 Å². The summed E-state index contributed by atoms with van der Waals surface area (Å²) in [5, 5.41) is 11.7. The Labute approximate surface area is 114 Å². The van der Waals surface area contributed by atoms with Crippen LogP contribution in [0.4, 0.5) is 4.79 Å². The Morgan fingerprint density at radius 2 is 2.11 bits per heavy atom. The van der Waals surface area contributed by atoms with E-state index in [1.54, 1.807) is 4.90 Å². The van der Waals surface area contributed by atoms with Crippen LogP contribution in [0.5, 0.6) is 0 Å². The highest BCUT2D eigenvalue weighted by molar-refractivity contribution is 5.74. The first-order chi connectivity index (χ1) is 9.06. The topological polar surface area (TPSA) is 69.6 Å². The van der Waals surface area contributed by atoms with E-state index in [2.05, 4.69) is 11.2 Å². The van der Waals surface area contributed by atoms with Gasteiger partial charge in [0.25, 0.3) is 0 Å². The van der Waals surface area contributed by atoms with Crippen molar-refractivity contribution in [1.82, 2.24) is 10.2 Å². The first-order valence-electron chi connectivity index (χ1n) is 6.77. The summed E-state index contributed by atoms with van der Waals surface area (Å²) in [5.74, 6) is 1.99. The third kappa shape index (κ3) is 5.21. The number of aliphatic carboxylic acids is 1. The quantitative estimate of drug-likeness (QED) is 0.744. The molecule has 5 nitrogen and oxygen atoms in total. The Bertz CT molecular complexity index is 354. The molecule has 0 radical (unpaired) electrons. The fourth-order valence-corrected chi connectivity index (χ4v) is 2.29. The smallest absolute Gasteiger partial charge is 0.317 e. The highest BCUT2D eigenvalue weighted by atomic mass is 16.4. The number of carboxylic acids is 1. The summed E-state index contributed by atoms with van der Waals surface area (Å²) in [6.07, 6.45) is 8.31. The minimum atomic E-state index is -0.761. The van der Waals surface area contributed by atoms with Gasteiger partial charge in [-0.05, 0) is 25.2 Å². The van der Waals surface area contributed by atoms with Crippen molar-refractivity contribution in [3.8, 4) is 12.3 Å². The molecule has 1 fully saturated rings. The van der Waals surface area contributed by atoms with E-state index >= 15 is 0 Å². The van der Waals surface area contributed by atoms with Crippen molar-refractivity contribution in [1.29, 1.82) is 0 Å². The van der Waals surface area contributed by atoms with E-state index < -0.39 is 5.97 Å². The second-order valence-corrected chi connectivity index (χ2v) is 4.99. The van der Waals surface area contributed by atoms with Crippen molar-refractivity contribution in [2.45, 2.75) is 45.1 Å². The molecular formula is C14H22N2O3. The third-order valence-electron chi connectivity index (χ3n) is 3.55. The van der Waals surface area contributed by atoms with Gasteiger partial charge in [-0.15, -0.1) is 12.3 Å². The van der Waals surface area contributed by atoms with Crippen molar-refractivity contribution in [2.24, 2.45) is 5.92 Å². The zero-order chi connectivity index (χ0) is 14.3. The van der Waals surface area contributed by atoms with Crippen LogP contribution in [0.1, 0.15) is 39.0 Å². The van der Waals surface area contributed by atoms with Gasteiger partial charge in [0, 0.05) is 32.0 Å². The Balaban J connectivity index is 2.36. The summed E-state index contributed by atoms with van der Waals surface area (Å²) in [5.41, 5.74) is 0. The van der Waals surface area contributed by atoms with Crippen molar-refractivity contribution in [2.75, 3.05) is 13.1 Å². The zero-order valence-electron chi connectivity index (χ0n) is 11.4. The number of terminal acetylenes is 1. The molecule has 0 aromatic carbocycles. The number of carbonyl (C=O) groups excluding carboxylic acids is 1. The van der Waals surface area contributed by atoms with E-state index in [0.717, 1.165) is 19.3 Å². The number of hydrogen-bond donors (Lipinski definition) is 2. The fourth-order valence-electron chi connectivity index (χ4n) is 2.29. The number of likely N-dealkylation sites (tertiary alicyclic amines) is 1. The lowest BCUT2D eigenvalue weighted by Crippen LogP contribution is -2.47. The van der Waals surface area contributed by atoms with Crippen LogP contribution in [0.3, 0.4) is 0 Å². The highest BCUT2D eigenvalue weighted by Crippen LogP contribution is 2.20. The van der Waals surface area contributed by atoms with E-state index in [-0.39, 0.29) is 24.4 Å². The standard InChI is InChI=1S/C14H22N2O3/c1-3-5-12(4-2)15-14(19)16-8-6-11(7-9-16)10-13(17)18/h1,11-12H,4-10H2,2H3,(H,15,19)(H,17,18). The van der Waals surface area contributed by atoms with E-state index in [0.29, 0.717) is 19.5 Å². The summed E-state index contributed by atoms with van der Waals surface area (Å²) < 4.78 is 0. The minimum Gasteiger partial charge on any atom is -0.481 e. The van der Waals surface area contributed by atoms with Gasteiger partial charge in [0.15, 0.2) is 0 Å². The van der Waals surface area contributed by atoms with Gasteiger partial charge in [0.1, 0.15) is 0 Å². The van der Waals surface area contributed by atoms with E-state index in [1.165, 1.54) is 0 Å². The van der Waals surface area contributed by atoms with Gasteiger partial charge in [-0.2, -0.15) is 0 Å². The van der Waals surface area contributed by atoms with Crippen molar-refractivity contribution >= 4 is 12.0 Å². The van der Waals surface area contributed by atoms with Crippen molar-refractivity contribution in [3.05, 3.63) is 0 Å². The van der Waals surface area contributed by atoms with Crippen LogP contribution in [0, 0.1) is 18.3 Å². The molecule has 5 heteroatoms. The van der Waals surface area contributed by atoms with Gasteiger partial charge in [-0.1, -0.05) is 6.92 Å². The molecular weight excluding hydrogens is 244 g/mol. The number of rotatable bonds is 5. The molecule has 0 spiro atoms. The summed E-state index contributed by atoms with van der Waals surface area (Å²) in [4.78, 5) is 24.4. The molecule has 0 aromatic rings. The van der Waals surface area contributed by atoms with Gasteiger partial charge < -0.3 is 15.3 Å². The largest absolute Gasteiger partial charge is 0.481 e. The molecule has 0 bridgehead atoms. The molecule has 1 rings (SSSR count). The number of urea groups is 1. The Morgan fingerprint density at radius 3 is 2.58 bits per heavy atom. The molecule has 0 aliphatic carbocycles. The SMILES string of the molecule is C#CCC(CC)NC(=O)N1CCC(CC(=O)O)CC1. The van der Waals surface area contributed by atoms with Crippen LogP contribution in [-0.2, 0) is 4.79 Å².